The van der Waals surface area contributed by atoms with E-state index in [9.17, 15) is 0 Å². The molecule has 4 aromatic rings. The molecule has 0 fully saturated rings. The summed E-state index contributed by atoms with van der Waals surface area (Å²) < 4.78 is 11.4. The summed E-state index contributed by atoms with van der Waals surface area (Å²) >= 11 is 0. The van der Waals surface area contributed by atoms with Gasteiger partial charge in [0.15, 0.2) is 29.1 Å². The fourth-order valence-electron chi connectivity index (χ4n) is 2.95. The van der Waals surface area contributed by atoms with Gasteiger partial charge in [-0.3, -0.25) is 4.98 Å². The average Bonchev–Trinajstić information content (AvgIpc) is 3.17. The second kappa shape index (κ2) is 5.62. The van der Waals surface area contributed by atoms with E-state index >= 15 is 0 Å². The summed E-state index contributed by atoms with van der Waals surface area (Å²) in [4.78, 5) is 17.7. The summed E-state index contributed by atoms with van der Waals surface area (Å²) in [5.41, 5.74) is 4.64. The summed E-state index contributed by atoms with van der Waals surface area (Å²) in [6.45, 7) is 10.7. The topological polar surface area (TPSA) is 77.8 Å². The van der Waals surface area contributed by atoms with Crippen molar-refractivity contribution in [2.75, 3.05) is 0 Å². The van der Waals surface area contributed by atoms with E-state index in [1.54, 1.807) is 6.20 Å². The van der Waals surface area contributed by atoms with Crippen molar-refractivity contribution in [1.29, 1.82) is 0 Å². The Kier molecular flexibility index (Phi) is 3.61. The van der Waals surface area contributed by atoms with Gasteiger partial charge in [-0.1, -0.05) is 34.6 Å². The SMILES string of the molecule is CC(C)(C)c1cnc2nc(CC(C)(C)c3cc4ocnc4cn3)oc2c1. The van der Waals surface area contributed by atoms with E-state index in [0.29, 0.717) is 18.0 Å². The van der Waals surface area contributed by atoms with Gasteiger partial charge in [0, 0.05) is 24.1 Å². The Hall–Kier alpha value is -2.76. The Labute approximate surface area is 151 Å². The van der Waals surface area contributed by atoms with Crippen LogP contribution in [0.15, 0.2) is 39.8 Å². The Morgan fingerprint density at radius 2 is 1.73 bits per heavy atom. The van der Waals surface area contributed by atoms with Crippen LogP contribution < -0.4 is 0 Å². The van der Waals surface area contributed by atoms with Gasteiger partial charge in [0.25, 0.3) is 0 Å². The lowest BCUT2D eigenvalue weighted by Crippen LogP contribution is -2.22. The minimum absolute atomic E-state index is 0.0177. The molecule has 134 valence electrons. The smallest absolute Gasteiger partial charge is 0.198 e. The standard InChI is InChI=1S/C20H22N4O2/c1-19(2,3)12-6-15-18(22-9-12)24-17(26-15)8-20(4,5)16-7-14-13(10-21-16)23-11-25-14/h6-7,9-11H,8H2,1-5H3. The molecule has 0 aromatic carbocycles. The Bertz CT molecular complexity index is 1090. The molecule has 0 aliphatic carbocycles. The number of pyridine rings is 2. The van der Waals surface area contributed by atoms with Crippen molar-refractivity contribution in [3.05, 3.63) is 48.1 Å². The summed E-state index contributed by atoms with van der Waals surface area (Å²) in [5.74, 6) is 0.656. The number of oxazole rings is 2. The van der Waals surface area contributed by atoms with E-state index in [2.05, 4.69) is 54.6 Å². The molecular weight excluding hydrogens is 328 g/mol. The molecule has 0 N–H and O–H groups in total. The molecule has 4 aromatic heterocycles. The number of nitrogens with zero attached hydrogens (tertiary/aromatic N) is 4. The monoisotopic (exact) mass is 350 g/mol. The summed E-state index contributed by atoms with van der Waals surface area (Å²) in [5, 5.41) is 0. The van der Waals surface area contributed by atoms with E-state index in [-0.39, 0.29) is 10.8 Å². The second-order valence-corrected chi connectivity index (χ2v) is 8.35. The first-order valence-electron chi connectivity index (χ1n) is 8.68. The molecule has 0 saturated heterocycles. The lowest BCUT2D eigenvalue weighted by Gasteiger charge is -2.21. The van der Waals surface area contributed by atoms with Gasteiger partial charge in [0.2, 0.25) is 0 Å². The fraction of sp³-hybridized carbons (Fsp3) is 0.400. The van der Waals surface area contributed by atoms with Crippen molar-refractivity contribution in [2.45, 2.75) is 51.9 Å². The Morgan fingerprint density at radius 3 is 2.50 bits per heavy atom. The van der Waals surface area contributed by atoms with E-state index in [4.69, 9.17) is 8.83 Å². The van der Waals surface area contributed by atoms with Crippen LogP contribution in [0.5, 0.6) is 0 Å². The Morgan fingerprint density at radius 1 is 0.923 bits per heavy atom. The minimum Gasteiger partial charge on any atom is -0.443 e. The largest absolute Gasteiger partial charge is 0.443 e. The fourth-order valence-corrected chi connectivity index (χ4v) is 2.95. The van der Waals surface area contributed by atoms with Crippen LogP contribution in [0, 0.1) is 0 Å². The quantitative estimate of drug-likeness (QED) is 0.538. The molecule has 0 radical (unpaired) electrons. The molecule has 0 amide bonds. The maximum absolute atomic E-state index is 6.00. The average molecular weight is 350 g/mol. The highest BCUT2D eigenvalue weighted by Gasteiger charge is 2.27. The maximum Gasteiger partial charge on any atom is 0.198 e. The molecular formula is C20H22N4O2. The number of rotatable bonds is 3. The van der Waals surface area contributed by atoms with E-state index < -0.39 is 0 Å². The molecule has 0 atom stereocenters. The molecule has 6 nitrogen and oxygen atoms in total. The maximum atomic E-state index is 6.00. The third-order valence-electron chi connectivity index (χ3n) is 4.66. The highest BCUT2D eigenvalue weighted by Crippen LogP contribution is 2.30. The third-order valence-corrected chi connectivity index (χ3v) is 4.66. The molecule has 4 rings (SSSR count). The number of fused-ring (bicyclic) bond motifs is 2. The van der Waals surface area contributed by atoms with Gasteiger partial charge in [-0.15, -0.1) is 0 Å². The third kappa shape index (κ3) is 2.96. The van der Waals surface area contributed by atoms with Gasteiger partial charge < -0.3 is 8.83 Å². The summed E-state index contributed by atoms with van der Waals surface area (Å²) in [6.07, 6.45) is 5.65. The molecule has 6 heteroatoms. The van der Waals surface area contributed by atoms with Gasteiger partial charge in [0.05, 0.1) is 11.9 Å². The second-order valence-electron chi connectivity index (χ2n) is 8.35. The lowest BCUT2D eigenvalue weighted by atomic mass is 9.85. The van der Waals surface area contributed by atoms with Crippen molar-refractivity contribution in [3.63, 3.8) is 0 Å². The van der Waals surface area contributed by atoms with Crippen LogP contribution in [-0.2, 0) is 17.3 Å². The van der Waals surface area contributed by atoms with Gasteiger partial charge in [-0.25, -0.2) is 9.97 Å². The van der Waals surface area contributed by atoms with Gasteiger partial charge in [-0.05, 0) is 17.0 Å². The van der Waals surface area contributed by atoms with Gasteiger partial charge >= 0.3 is 0 Å². The number of hydrogen-bond acceptors (Lipinski definition) is 6. The van der Waals surface area contributed by atoms with Crippen LogP contribution in [0.4, 0.5) is 0 Å². The summed E-state index contributed by atoms with van der Waals surface area (Å²) in [6, 6.07) is 3.96. The summed E-state index contributed by atoms with van der Waals surface area (Å²) in [7, 11) is 0. The van der Waals surface area contributed by atoms with E-state index in [1.807, 2.05) is 18.3 Å². The predicted molar refractivity (Wildman–Crippen MR) is 99.0 cm³/mol. The van der Waals surface area contributed by atoms with Crippen molar-refractivity contribution in [1.82, 2.24) is 19.9 Å². The van der Waals surface area contributed by atoms with Crippen LogP contribution in [0.3, 0.4) is 0 Å². The van der Waals surface area contributed by atoms with Crippen LogP contribution in [0.25, 0.3) is 22.3 Å². The van der Waals surface area contributed by atoms with Crippen molar-refractivity contribution < 1.29 is 8.83 Å². The first-order valence-corrected chi connectivity index (χ1v) is 8.68. The zero-order valence-electron chi connectivity index (χ0n) is 15.7. The van der Waals surface area contributed by atoms with Crippen molar-refractivity contribution in [3.8, 4) is 0 Å². The molecule has 0 aliphatic rings. The Balaban J connectivity index is 1.66. The number of aromatic nitrogens is 4. The van der Waals surface area contributed by atoms with Gasteiger partial charge in [-0.2, -0.15) is 4.98 Å². The minimum atomic E-state index is -0.269. The molecule has 4 heterocycles. The zero-order chi connectivity index (χ0) is 18.5. The van der Waals surface area contributed by atoms with Gasteiger partial charge in [0.1, 0.15) is 5.52 Å². The van der Waals surface area contributed by atoms with Crippen molar-refractivity contribution in [2.24, 2.45) is 0 Å². The first kappa shape index (κ1) is 16.7. The first-order chi connectivity index (χ1) is 12.2. The molecule has 26 heavy (non-hydrogen) atoms. The van der Waals surface area contributed by atoms with Crippen LogP contribution in [0.2, 0.25) is 0 Å². The van der Waals surface area contributed by atoms with Crippen LogP contribution >= 0.6 is 0 Å². The van der Waals surface area contributed by atoms with Crippen LogP contribution in [0.1, 0.15) is 51.8 Å². The van der Waals surface area contributed by atoms with E-state index in [1.165, 1.54) is 6.39 Å². The zero-order valence-corrected chi connectivity index (χ0v) is 15.7. The highest BCUT2D eigenvalue weighted by atomic mass is 16.3. The van der Waals surface area contributed by atoms with E-state index in [0.717, 1.165) is 27.9 Å². The molecule has 0 aliphatic heterocycles. The number of hydrogen-bond donors (Lipinski definition) is 0. The van der Waals surface area contributed by atoms with Crippen molar-refractivity contribution >= 4 is 22.3 Å². The molecule has 0 unspecified atom stereocenters. The molecule has 0 spiro atoms. The molecule has 0 saturated carbocycles. The predicted octanol–water partition coefficient (Wildman–Crippen LogP) is 4.58. The molecule has 0 bridgehead atoms. The van der Waals surface area contributed by atoms with Crippen LogP contribution in [-0.4, -0.2) is 19.9 Å². The highest BCUT2D eigenvalue weighted by molar-refractivity contribution is 5.71. The normalized spacial score (nSPS) is 13.0. The lowest BCUT2D eigenvalue weighted by molar-refractivity contribution is 0.425.